The Hall–Kier alpha value is -2.30. The minimum atomic E-state index is -0.0835. The number of aromatic nitrogens is 2. The van der Waals surface area contributed by atoms with Gasteiger partial charge in [-0.25, -0.2) is 4.98 Å². The molecule has 0 fully saturated rings. The zero-order chi connectivity index (χ0) is 13.8. The van der Waals surface area contributed by atoms with Gasteiger partial charge in [-0.2, -0.15) is 0 Å². The van der Waals surface area contributed by atoms with Gasteiger partial charge in [-0.15, -0.1) is 0 Å². The fourth-order valence-corrected chi connectivity index (χ4v) is 1.88. The monoisotopic (exact) mass is 258 g/mol. The van der Waals surface area contributed by atoms with Gasteiger partial charge >= 0.3 is 0 Å². The Morgan fingerprint density at radius 3 is 2.63 bits per heavy atom. The molecule has 1 aromatic carbocycles. The van der Waals surface area contributed by atoms with E-state index in [1.807, 2.05) is 36.1 Å². The van der Waals surface area contributed by atoms with Crippen molar-refractivity contribution < 1.29 is 0 Å². The van der Waals surface area contributed by atoms with E-state index in [1.54, 1.807) is 19.4 Å². The first kappa shape index (κ1) is 13.1. The summed E-state index contributed by atoms with van der Waals surface area (Å²) < 4.78 is 1.54. The van der Waals surface area contributed by atoms with Crippen LogP contribution in [0.25, 0.3) is 0 Å². The van der Waals surface area contributed by atoms with E-state index in [1.165, 1.54) is 4.57 Å². The summed E-state index contributed by atoms with van der Waals surface area (Å²) in [6, 6.07) is 7.65. The zero-order valence-corrected chi connectivity index (χ0v) is 11.2. The van der Waals surface area contributed by atoms with E-state index < -0.39 is 0 Å². The predicted molar refractivity (Wildman–Crippen MR) is 77.1 cm³/mol. The molecule has 1 heterocycles. The summed E-state index contributed by atoms with van der Waals surface area (Å²) in [6.07, 6.45) is 3.30. The standard InChI is InChI=1S/C14H18N4O/c1-3-18(10-11-4-6-12(15)7-5-11)13-14(19)17(2)9-8-16-13/h4-9H,3,10,15H2,1-2H3. The molecule has 100 valence electrons. The molecule has 0 bridgehead atoms. The summed E-state index contributed by atoms with van der Waals surface area (Å²) in [5.74, 6) is 0.476. The molecule has 0 radical (unpaired) electrons. The third-order valence-corrected chi connectivity index (χ3v) is 3.03. The molecular formula is C14H18N4O. The minimum absolute atomic E-state index is 0.0835. The number of rotatable bonds is 4. The van der Waals surface area contributed by atoms with E-state index in [2.05, 4.69) is 4.98 Å². The lowest BCUT2D eigenvalue weighted by molar-refractivity contribution is 0.766. The van der Waals surface area contributed by atoms with Crippen molar-refractivity contribution in [3.05, 3.63) is 52.6 Å². The van der Waals surface area contributed by atoms with Crippen molar-refractivity contribution in [2.75, 3.05) is 17.2 Å². The highest BCUT2D eigenvalue weighted by Gasteiger charge is 2.11. The van der Waals surface area contributed by atoms with E-state index in [0.29, 0.717) is 12.4 Å². The van der Waals surface area contributed by atoms with Crippen LogP contribution < -0.4 is 16.2 Å². The summed E-state index contributed by atoms with van der Waals surface area (Å²) in [5.41, 5.74) is 7.42. The van der Waals surface area contributed by atoms with Crippen molar-refractivity contribution in [1.29, 1.82) is 0 Å². The van der Waals surface area contributed by atoms with Crippen LogP contribution in [0, 0.1) is 0 Å². The van der Waals surface area contributed by atoms with Crippen LogP contribution in [0.15, 0.2) is 41.5 Å². The lowest BCUT2D eigenvalue weighted by atomic mass is 10.2. The molecule has 0 amide bonds. The van der Waals surface area contributed by atoms with Crippen LogP contribution in [0.1, 0.15) is 12.5 Å². The summed E-state index contributed by atoms with van der Waals surface area (Å²) >= 11 is 0. The largest absolute Gasteiger partial charge is 0.399 e. The number of benzene rings is 1. The van der Waals surface area contributed by atoms with Crippen LogP contribution in [0.4, 0.5) is 11.5 Å². The van der Waals surface area contributed by atoms with Crippen LogP contribution >= 0.6 is 0 Å². The molecule has 0 unspecified atom stereocenters. The number of anilines is 2. The van der Waals surface area contributed by atoms with Crippen molar-refractivity contribution in [3.63, 3.8) is 0 Å². The summed E-state index contributed by atoms with van der Waals surface area (Å²) in [4.78, 5) is 18.2. The smallest absolute Gasteiger partial charge is 0.293 e. The normalized spacial score (nSPS) is 10.4. The van der Waals surface area contributed by atoms with Crippen molar-refractivity contribution in [2.24, 2.45) is 7.05 Å². The van der Waals surface area contributed by atoms with Crippen LogP contribution in [-0.4, -0.2) is 16.1 Å². The van der Waals surface area contributed by atoms with E-state index >= 15 is 0 Å². The van der Waals surface area contributed by atoms with Gasteiger partial charge in [-0.05, 0) is 24.6 Å². The van der Waals surface area contributed by atoms with E-state index in [-0.39, 0.29) is 5.56 Å². The second-order valence-electron chi connectivity index (χ2n) is 4.42. The first-order chi connectivity index (χ1) is 9.11. The van der Waals surface area contributed by atoms with Crippen molar-refractivity contribution in [2.45, 2.75) is 13.5 Å². The molecule has 2 rings (SSSR count). The minimum Gasteiger partial charge on any atom is -0.399 e. The maximum absolute atomic E-state index is 12.1. The first-order valence-electron chi connectivity index (χ1n) is 6.23. The molecule has 5 heteroatoms. The summed E-state index contributed by atoms with van der Waals surface area (Å²) in [7, 11) is 1.73. The molecule has 0 atom stereocenters. The Morgan fingerprint density at radius 2 is 2.00 bits per heavy atom. The highest BCUT2D eigenvalue weighted by atomic mass is 16.1. The third kappa shape index (κ3) is 2.93. The number of nitrogens with two attached hydrogens (primary N) is 1. The Bertz CT molecular complexity index is 604. The Morgan fingerprint density at radius 1 is 1.32 bits per heavy atom. The average molecular weight is 258 g/mol. The van der Waals surface area contributed by atoms with Crippen molar-refractivity contribution >= 4 is 11.5 Å². The first-order valence-corrected chi connectivity index (χ1v) is 6.23. The average Bonchev–Trinajstić information content (AvgIpc) is 2.42. The van der Waals surface area contributed by atoms with E-state index in [9.17, 15) is 4.79 Å². The topological polar surface area (TPSA) is 64.2 Å². The third-order valence-electron chi connectivity index (χ3n) is 3.03. The van der Waals surface area contributed by atoms with Gasteiger partial charge < -0.3 is 15.2 Å². The molecule has 1 aromatic heterocycles. The Kier molecular flexibility index (Phi) is 3.85. The van der Waals surface area contributed by atoms with Gasteiger partial charge in [0, 0.05) is 38.2 Å². The van der Waals surface area contributed by atoms with Crippen LogP contribution in [0.2, 0.25) is 0 Å². The zero-order valence-electron chi connectivity index (χ0n) is 11.2. The molecule has 5 nitrogen and oxygen atoms in total. The fraction of sp³-hybridized carbons (Fsp3) is 0.286. The molecule has 0 saturated carbocycles. The lowest BCUT2D eigenvalue weighted by Gasteiger charge is -2.21. The van der Waals surface area contributed by atoms with Gasteiger partial charge in [-0.1, -0.05) is 12.1 Å². The molecule has 19 heavy (non-hydrogen) atoms. The molecule has 2 aromatic rings. The molecule has 0 spiro atoms. The van der Waals surface area contributed by atoms with Gasteiger partial charge in [0.1, 0.15) is 0 Å². The molecule has 0 aliphatic carbocycles. The number of nitrogens with zero attached hydrogens (tertiary/aromatic N) is 3. The fourth-order valence-electron chi connectivity index (χ4n) is 1.88. The van der Waals surface area contributed by atoms with Crippen LogP contribution in [-0.2, 0) is 13.6 Å². The number of hydrogen-bond donors (Lipinski definition) is 1. The van der Waals surface area contributed by atoms with Gasteiger partial charge in [0.15, 0.2) is 5.82 Å². The second-order valence-corrected chi connectivity index (χ2v) is 4.42. The maximum atomic E-state index is 12.1. The number of nitrogen functional groups attached to an aromatic ring is 1. The quantitative estimate of drug-likeness (QED) is 0.842. The SMILES string of the molecule is CCN(Cc1ccc(N)cc1)c1nccn(C)c1=O. The van der Waals surface area contributed by atoms with Gasteiger partial charge in [0.05, 0.1) is 0 Å². The Balaban J connectivity index is 2.27. The molecule has 2 N–H and O–H groups in total. The highest BCUT2D eigenvalue weighted by Crippen LogP contribution is 2.11. The molecule has 0 saturated heterocycles. The van der Waals surface area contributed by atoms with E-state index in [4.69, 9.17) is 5.73 Å². The van der Waals surface area contributed by atoms with Gasteiger partial charge in [-0.3, -0.25) is 4.79 Å². The van der Waals surface area contributed by atoms with Gasteiger partial charge in [0.2, 0.25) is 0 Å². The predicted octanol–water partition coefficient (Wildman–Crippen LogP) is 1.39. The molecule has 0 aliphatic heterocycles. The Labute approximate surface area is 112 Å². The van der Waals surface area contributed by atoms with Crippen molar-refractivity contribution in [3.8, 4) is 0 Å². The summed E-state index contributed by atoms with van der Waals surface area (Å²) in [6.45, 7) is 3.37. The summed E-state index contributed by atoms with van der Waals surface area (Å²) in [5, 5.41) is 0. The molecule has 0 aliphatic rings. The number of hydrogen-bond acceptors (Lipinski definition) is 4. The number of aryl methyl sites for hydroxylation is 1. The van der Waals surface area contributed by atoms with E-state index in [0.717, 1.165) is 17.8 Å². The second kappa shape index (κ2) is 5.56. The van der Waals surface area contributed by atoms with Gasteiger partial charge in [0.25, 0.3) is 5.56 Å². The molecular weight excluding hydrogens is 240 g/mol. The highest BCUT2D eigenvalue weighted by molar-refractivity contribution is 5.42. The van der Waals surface area contributed by atoms with Crippen molar-refractivity contribution in [1.82, 2.24) is 9.55 Å². The van der Waals surface area contributed by atoms with Crippen LogP contribution in [0.3, 0.4) is 0 Å². The maximum Gasteiger partial charge on any atom is 0.293 e. The van der Waals surface area contributed by atoms with Crippen LogP contribution in [0.5, 0.6) is 0 Å². The lowest BCUT2D eigenvalue weighted by Crippen LogP contribution is -2.32.